The molecule has 1 saturated heterocycles. The zero-order valence-corrected chi connectivity index (χ0v) is 31.6. The summed E-state index contributed by atoms with van der Waals surface area (Å²) in [6.07, 6.45) is -7.78. The number of nitrogens with one attached hydrogen (secondary N) is 1. The van der Waals surface area contributed by atoms with Gasteiger partial charge < -0.3 is 34.4 Å². The zero-order valence-electron chi connectivity index (χ0n) is 30.6. The summed E-state index contributed by atoms with van der Waals surface area (Å²) in [4.78, 5) is 29.5. The van der Waals surface area contributed by atoms with Crippen LogP contribution < -0.4 is 26.2 Å². The minimum absolute atomic E-state index is 0.0966. The Hall–Kier alpha value is -4.70. The average molecular weight is 755 g/mol. The number of alkyl halides is 3. The summed E-state index contributed by atoms with van der Waals surface area (Å²) in [6, 6.07) is 23.9. The summed E-state index contributed by atoms with van der Waals surface area (Å²) in [5.41, 5.74) is 5.66. The van der Waals surface area contributed by atoms with E-state index in [2.05, 4.69) is 10.3 Å². The zero-order chi connectivity index (χ0) is 38.8. The third-order valence-corrected chi connectivity index (χ3v) is 14.4. The first-order valence-corrected chi connectivity index (χ1v) is 19.9. The van der Waals surface area contributed by atoms with Crippen LogP contribution in [-0.4, -0.2) is 69.0 Å². The molecule has 2 heterocycles. The molecule has 0 saturated carbocycles. The first kappa shape index (κ1) is 39.5. The second-order valence-corrected chi connectivity index (χ2v) is 19.0. The highest BCUT2D eigenvalue weighted by Crippen LogP contribution is 2.45. The van der Waals surface area contributed by atoms with E-state index >= 15 is 0 Å². The van der Waals surface area contributed by atoms with Crippen molar-refractivity contribution in [2.24, 2.45) is 0 Å². The van der Waals surface area contributed by atoms with Gasteiger partial charge in [-0.25, -0.2) is 4.79 Å². The molecule has 1 amide bonds. The van der Waals surface area contributed by atoms with Crippen LogP contribution in [0, 0.1) is 0 Å². The smallest absolute Gasteiger partial charge is 0.471 e. The molecule has 0 aliphatic carbocycles. The second kappa shape index (κ2) is 15.3. The Labute approximate surface area is 307 Å². The maximum absolute atomic E-state index is 13.9. The molecule has 3 N–H and O–H groups in total. The van der Waals surface area contributed by atoms with Crippen LogP contribution in [0.4, 0.5) is 19.0 Å². The van der Waals surface area contributed by atoms with Crippen LogP contribution in [0.2, 0.25) is 18.1 Å². The number of hydrogen-bond acceptors (Lipinski definition) is 9. The number of ether oxygens (including phenoxy) is 4. The number of carbonyl (C=O) groups excluding carboxylic acids is 1. The Morgan fingerprint density at radius 3 is 1.89 bits per heavy atom. The van der Waals surface area contributed by atoms with Crippen molar-refractivity contribution in [3.05, 3.63) is 118 Å². The van der Waals surface area contributed by atoms with Crippen molar-refractivity contribution in [1.82, 2.24) is 14.9 Å². The van der Waals surface area contributed by atoms with Gasteiger partial charge >= 0.3 is 17.8 Å². The van der Waals surface area contributed by atoms with Crippen molar-refractivity contribution in [3.63, 3.8) is 0 Å². The van der Waals surface area contributed by atoms with Gasteiger partial charge in [-0.2, -0.15) is 18.2 Å². The number of nitrogens with zero attached hydrogens (tertiary/aromatic N) is 2. The standard InChI is InChI=1S/C38H45F3N4O7Si/c1-36(2,3)53(6,7)52-32-29(51-33(31(32)44-34(46)38(39,40)41)45-22-21-30(42)43-35(45)47)23-50-37(24-11-9-8-10-12-24,25-13-17-27(48-4)18-14-25)26-15-19-28(49-5)20-16-26/h8-22,29,31-33H,23H2,1-7H3,(H,44,46)(H2,42,43,47)/t29-,31-,32-,33-/m1/s1. The molecule has 1 aliphatic heterocycles. The summed E-state index contributed by atoms with van der Waals surface area (Å²) in [5, 5.41) is 1.68. The predicted octanol–water partition coefficient (Wildman–Crippen LogP) is 6.19. The highest BCUT2D eigenvalue weighted by molar-refractivity contribution is 6.74. The summed E-state index contributed by atoms with van der Waals surface area (Å²) < 4.78 is 73.9. The molecule has 0 radical (unpaired) electrons. The second-order valence-electron chi connectivity index (χ2n) is 14.3. The number of methoxy groups -OCH3 is 2. The number of rotatable bonds is 12. The van der Waals surface area contributed by atoms with Gasteiger partial charge in [0.1, 0.15) is 35.1 Å². The van der Waals surface area contributed by atoms with Gasteiger partial charge in [0.2, 0.25) is 0 Å². The van der Waals surface area contributed by atoms with Gasteiger partial charge in [-0.15, -0.1) is 0 Å². The van der Waals surface area contributed by atoms with E-state index in [9.17, 15) is 22.8 Å². The topological polar surface area (TPSA) is 136 Å². The molecule has 0 spiro atoms. The molecule has 4 aromatic rings. The lowest BCUT2D eigenvalue weighted by Gasteiger charge is -2.41. The van der Waals surface area contributed by atoms with Gasteiger partial charge in [0, 0.05) is 6.20 Å². The lowest BCUT2D eigenvalue weighted by molar-refractivity contribution is -0.175. The van der Waals surface area contributed by atoms with Crippen LogP contribution >= 0.6 is 0 Å². The summed E-state index contributed by atoms with van der Waals surface area (Å²) in [5.74, 6) is -1.09. The van der Waals surface area contributed by atoms with Crippen LogP contribution in [-0.2, 0) is 24.3 Å². The van der Waals surface area contributed by atoms with Gasteiger partial charge in [0.15, 0.2) is 14.5 Å². The number of hydrogen-bond donors (Lipinski definition) is 2. The maximum Gasteiger partial charge on any atom is 0.471 e. The molecular formula is C38H45F3N4O7Si. The molecular weight excluding hydrogens is 710 g/mol. The van der Waals surface area contributed by atoms with E-state index in [1.807, 2.05) is 88.5 Å². The van der Waals surface area contributed by atoms with E-state index in [4.69, 9.17) is 29.1 Å². The third kappa shape index (κ3) is 8.27. The minimum atomic E-state index is -5.24. The fourth-order valence-electron chi connectivity index (χ4n) is 6.06. The monoisotopic (exact) mass is 754 g/mol. The molecule has 0 bridgehead atoms. The average Bonchev–Trinajstić information content (AvgIpc) is 3.43. The van der Waals surface area contributed by atoms with Crippen LogP contribution in [0.3, 0.4) is 0 Å². The van der Waals surface area contributed by atoms with Crippen molar-refractivity contribution in [3.8, 4) is 11.5 Å². The lowest BCUT2D eigenvalue weighted by atomic mass is 9.80. The normalized spacial score (nSPS) is 19.5. The first-order valence-electron chi connectivity index (χ1n) is 17.0. The number of amides is 1. The Bertz CT molecular complexity index is 1870. The molecule has 1 aromatic heterocycles. The number of aromatic nitrogens is 2. The minimum Gasteiger partial charge on any atom is -0.497 e. The molecule has 15 heteroatoms. The van der Waals surface area contributed by atoms with Gasteiger partial charge in [-0.3, -0.25) is 9.36 Å². The van der Waals surface area contributed by atoms with Gasteiger partial charge in [0.05, 0.1) is 26.9 Å². The van der Waals surface area contributed by atoms with E-state index in [-0.39, 0.29) is 12.4 Å². The van der Waals surface area contributed by atoms with E-state index < -0.39 is 61.2 Å². The molecule has 11 nitrogen and oxygen atoms in total. The van der Waals surface area contributed by atoms with Gasteiger partial charge in [-0.05, 0) is 65.2 Å². The first-order chi connectivity index (χ1) is 24.9. The van der Waals surface area contributed by atoms with Crippen LogP contribution in [0.5, 0.6) is 11.5 Å². The molecule has 284 valence electrons. The van der Waals surface area contributed by atoms with E-state index in [0.717, 1.165) is 10.1 Å². The molecule has 4 atom stereocenters. The van der Waals surface area contributed by atoms with Crippen molar-refractivity contribution in [1.29, 1.82) is 0 Å². The molecule has 1 aliphatic rings. The highest BCUT2D eigenvalue weighted by atomic mass is 28.4. The number of carbonyl (C=O) groups is 1. The van der Waals surface area contributed by atoms with Crippen molar-refractivity contribution < 1.29 is 41.3 Å². The molecule has 53 heavy (non-hydrogen) atoms. The Morgan fingerprint density at radius 2 is 1.42 bits per heavy atom. The lowest BCUT2D eigenvalue weighted by Crippen LogP contribution is -2.56. The predicted molar refractivity (Wildman–Crippen MR) is 195 cm³/mol. The van der Waals surface area contributed by atoms with Crippen molar-refractivity contribution in [2.45, 2.75) is 75.2 Å². The number of benzene rings is 3. The van der Waals surface area contributed by atoms with Gasteiger partial charge in [-0.1, -0.05) is 75.4 Å². The highest BCUT2D eigenvalue weighted by Gasteiger charge is 2.54. The van der Waals surface area contributed by atoms with E-state index in [1.54, 1.807) is 38.5 Å². The van der Waals surface area contributed by atoms with Gasteiger partial charge in [0.25, 0.3) is 0 Å². The van der Waals surface area contributed by atoms with E-state index in [1.165, 1.54) is 12.3 Å². The van der Waals surface area contributed by atoms with Crippen LogP contribution in [0.25, 0.3) is 0 Å². The summed E-state index contributed by atoms with van der Waals surface area (Å²) >= 11 is 0. The molecule has 5 rings (SSSR count). The number of nitrogens with two attached hydrogens (primary N) is 1. The molecule has 0 unspecified atom stereocenters. The number of anilines is 1. The molecule has 3 aromatic carbocycles. The fourth-order valence-corrected chi connectivity index (χ4v) is 7.39. The van der Waals surface area contributed by atoms with Crippen molar-refractivity contribution >= 4 is 20.0 Å². The fraction of sp³-hybridized carbons (Fsp3) is 0.395. The van der Waals surface area contributed by atoms with E-state index in [0.29, 0.717) is 22.6 Å². The molecule has 1 fully saturated rings. The van der Waals surface area contributed by atoms with Crippen LogP contribution in [0.1, 0.15) is 43.7 Å². The largest absolute Gasteiger partial charge is 0.497 e. The quantitative estimate of drug-likeness (QED) is 0.128. The van der Waals surface area contributed by atoms with Crippen molar-refractivity contribution in [2.75, 3.05) is 26.6 Å². The third-order valence-electron chi connectivity index (χ3n) is 9.90. The SMILES string of the molecule is COc1ccc(C(OC[C@H]2O[C@@H](n3ccc(N)nc3=O)[C@H](NC(=O)C(F)(F)F)[C@@H]2O[Si](C)(C)C(C)(C)C)(c2ccccc2)c2ccc(OC)cc2)cc1. The van der Waals surface area contributed by atoms with Crippen LogP contribution in [0.15, 0.2) is 95.9 Å². The summed E-state index contributed by atoms with van der Waals surface area (Å²) in [6.45, 7) is 9.52. The Kier molecular flexibility index (Phi) is 11.4. The Balaban J connectivity index is 1.69. The Morgan fingerprint density at radius 1 is 0.887 bits per heavy atom. The summed E-state index contributed by atoms with van der Waals surface area (Å²) in [7, 11) is 0.312. The number of nitrogen functional groups attached to an aromatic ring is 1. The number of halogens is 3. The maximum atomic E-state index is 13.9.